The first kappa shape index (κ1) is 25.9. The molecule has 4 nitrogen and oxygen atoms in total. The van der Waals surface area contributed by atoms with Gasteiger partial charge in [-0.05, 0) is 80.2 Å². The predicted octanol–water partition coefficient (Wildman–Crippen LogP) is 6.15. The van der Waals surface area contributed by atoms with Crippen LogP contribution in [0, 0.1) is 30.1 Å². The molecule has 0 bridgehead atoms. The predicted molar refractivity (Wildman–Crippen MR) is 140 cm³/mol. The number of benzene rings is 1. The highest BCUT2D eigenvalue weighted by Crippen LogP contribution is 2.64. The molecule has 4 rings (SSSR count). The van der Waals surface area contributed by atoms with Crippen molar-refractivity contribution in [1.82, 2.24) is 0 Å². The number of carboxylic acids is 1. The molecule has 2 N–H and O–H groups in total. The Balaban J connectivity index is 1.82. The monoisotopic (exact) mass is 478 g/mol. The van der Waals surface area contributed by atoms with Gasteiger partial charge >= 0.3 is 5.97 Å². The lowest BCUT2D eigenvalue weighted by molar-refractivity contribution is -0.147. The largest absolute Gasteiger partial charge is 0.481 e. The highest BCUT2D eigenvalue weighted by molar-refractivity contribution is 5.93. The number of Topliss-reactive ketones (excluding diaryl/α,β-unsaturated/α-hetero) is 1. The standard InChI is InChI=1S/C31H42O4/c1-17(2)18(3)9-10-22(28(34)35)27-24(32)16-31(8)23-15-19(4)26-21(11-12-25(33)29(26,5)6)20(23)13-14-30(27,31)7/h13-15,17,22,24,27,32H,3,9-12,16H2,1-2,4-8H3,(H,34,35). The van der Waals surface area contributed by atoms with E-state index in [1.165, 1.54) is 16.7 Å². The molecular formula is C31H42O4. The number of aliphatic hydroxyl groups is 1. The minimum absolute atomic E-state index is 0.285. The fourth-order valence-corrected chi connectivity index (χ4v) is 7.63. The molecule has 5 atom stereocenters. The van der Waals surface area contributed by atoms with Crippen LogP contribution in [0.4, 0.5) is 0 Å². The van der Waals surface area contributed by atoms with Gasteiger partial charge in [-0.25, -0.2) is 0 Å². The van der Waals surface area contributed by atoms with E-state index in [4.69, 9.17) is 0 Å². The first-order valence-electron chi connectivity index (χ1n) is 13.1. The number of carboxylic acid groups (broad SMARTS) is 1. The van der Waals surface area contributed by atoms with Crippen molar-refractivity contribution in [3.05, 3.63) is 52.1 Å². The molecule has 0 amide bonds. The minimum atomic E-state index is -0.836. The zero-order valence-electron chi connectivity index (χ0n) is 22.5. The Hall–Kier alpha value is -2.20. The van der Waals surface area contributed by atoms with Gasteiger partial charge in [0.1, 0.15) is 5.78 Å². The van der Waals surface area contributed by atoms with Crippen LogP contribution in [0.3, 0.4) is 0 Å². The van der Waals surface area contributed by atoms with E-state index in [0.29, 0.717) is 31.6 Å². The Bertz CT molecular complexity index is 1120. The van der Waals surface area contributed by atoms with Crippen LogP contribution in [0.1, 0.15) is 95.0 Å². The van der Waals surface area contributed by atoms with Gasteiger partial charge in [-0.2, -0.15) is 0 Å². The molecule has 0 heterocycles. The number of rotatable bonds is 6. The number of hydrogen-bond acceptors (Lipinski definition) is 3. The van der Waals surface area contributed by atoms with Crippen LogP contribution in [0.2, 0.25) is 0 Å². The topological polar surface area (TPSA) is 74.6 Å². The highest BCUT2D eigenvalue weighted by atomic mass is 16.4. The van der Waals surface area contributed by atoms with Gasteiger partial charge in [-0.3, -0.25) is 9.59 Å². The molecule has 1 saturated carbocycles. The lowest BCUT2D eigenvalue weighted by atomic mass is 9.54. The Morgan fingerprint density at radius 3 is 2.46 bits per heavy atom. The van der Waals surface area contributed by atoms with E-state index in [-0.39, 0.29) is 11.7 Å². The van der Waals surface area contributed by atoms with Crippen molar-refractivity contribution in [3.8, 4) is 0 Å². The third-order valence-corrected chi connectivity index (χ3v) is 10.0. The summed E-state index contributed by atoms with van der Waals surface area (Å²) >= 11 is 0. The van der Waals surface area contributed by atoms with Crippen molar-refractivity contribution >= 4 is 17.8 Å². The van der Waals surface area contributed by atoms with Gasteiger partial charge in [0, 0.05) is 28.6 Å². The van der Waals surface area contributed by atoms with Crippen LogP contribution in [0.5, 0.6) is 0 Å². The molecule has 0 aromatic heterocycles. The quantitative estimate of drug-likeness (QED) is 0.481. The van der Waals surface area contributed by atoms with Crippen molar-refractivity contribution in [2.45, 2.75) is 97.5 Å². The molecule has 0 spiro atoms. The van der Waals surface area contributed by atoms with Crippen molar-refractivity contribution < 1.29 is 19.8 Å². The summed E-state index contributed by atoms with van der Waals surface area (Å²) in [6, 6.07) is 2.22. The second-order valence-electron chi connectivity index (χ2n) is 12.6. The Labute approximate surface area is 210 Å². The molecule has 3 aliphatic rings. The van der Waals surface area contributed by atoms with Crippen LogP contribution in [0.15, 0.2) is 24.3 Å². The summed E-state index contributed by atoms with van der Waals surface area (Å²) in [4.78, 5) is 25.3. The number of aliphatic carboxylic acids is 1. The lowest BCUT2D eigenvalue weighted by Gasteiger charge is -2.48. The van der Waals surface area contributed by atoms with Crippen molar-refractivity contribution in [1.29, 1.82) is 0 Å². The average molecular weight is 479 g/mol. The van der Waals surface area contributed by atoms with Crippen LogP contribution in [-0.2, 0) is 26.8 Å². The maximum atomic E-state index is 12.8. The van der Waals surface area contributed by atoms with Crippen LogP contribution in [0.25, 0.3) is 6.08 Å². The Kier molecular flexibility index (Phi) is 6.24. The van der Waals surface area contributed by atoms with E-state index in [1.807, 2.05) is 13.8 Å². The first-order valence-corrected chi connectivity index (χ1v) is 13.1. The van der Waals surface area contributed by atoms with Gasteiger partial charge in [0.2, 0.25) is 0 Å². The van der Waals surface area contributed by atoms with E-state index < -0.39 is 34.2 Å². The van der Waals surface area contributed by atoms with E-state index in [2.05, 4.69) is 59.4 Å². The number of carbonyl (C=O) groups excluding carboxylic acids is 1. The zero-order chi connectivity index (χ0) is 26.1. The van der Waals surface area contributed by atoms with Gasteiger partial charge < -0.3 is 10.2 Å². The van der Waals surface area contributed by atoms with E-state index in [1.54, 1.807) is 0 Å². The second-order valence-corrected chi connectivity index (χ2v) is 12.6. The van der Waals surface area contributed by atoms with Gasteiger partial charge in [0.25, 0.3) is 0 Å². The summed E-state index contributed by atoms with van der Waals surface area (Å²) in [5, 5.41) is 21.7. The number of aryl methyl sites for hydroxylation is 1. The molecule has 1 fully saturated rings. The highest BCUT2D eigenvalue weighted by Gasteiger charge is 2.62. The minimum Gasteiger partial charge on any atom is -0.481 e. The van der Waals surface area contributed by atoms with E-state index in [0.717, 1.165) is 23.1 Å². The maximum Gasteiger partial charge on any atom is 0.306 e. The maximum absolute atomic E-state index is 12.8. The smallest absolute Gasteiger partial charge is 0.306 e. The van der Waals surface area contributed by atoms with E-state index in [9.17, 15) is 19.8 Å². The van der Waals surface area contributed by atoms with Gasteiger partial charge in [-0.15, -0.1) is 0 Å². The zero-order valence-corrected chi connectivity index (χ0v) is 22.5. The van der Waals surface area contributed by atoms with Gasteiger partial charge in [0.15, 0.2) is 0 Å². The average Bonchev–Trinajstić information content (AvgIpc) is 2.96. The molecule has 0 aliphatic heterocycles. The Morgan fingerprint density at radius 2 is 1.86 bits per heavy atom. The summed E-state index contributed by atoms with van der Waals surface area (Å²) in [5.74, 6) is -1.27. The second kappa shape index (κ2) is 8.44. The summed E-state index contributed by atoms with van der Waals surface area (Å²) in [7, 11) is 0. The van der Waals surface area contributed by atoms with E-state index >= 15 is 0 Å². The normalized spacial score (nSPS) is 31.6. The van der Waals surface area contributed by atoms with Crippen molar-refractivity contribution in [2.24, 2.45) is 23.2 Å². The summed E-state index contributed by atoms with van der Waals surface area (Å²) in [6.45, 7) is 18.8. The molecule has 3 aliphatic carbocycles. The first-order chi connectivity index (χ1) is 16.2. The number of hydrogen-bond donors (Lipinski definition) is 2. The fraction of sp³-hybridized carbons (Fsp3) is 0.613. The molecule has 5 unspecified atom stereocenters. The molecule has 35 heavy (non-hydrogen) atoms. The van der Waals surface area contributed by atoms with Crippen LogP contribution < -0.4 is 0 Å². The summed E-state index contributed by atoms with van der Waals surface area (Å²) < 4.78 is 0. The number of ketones is 1. The van der Waals surface area contributed by atoms with Crippen LogP contribution in [-0.4, -0.2) is 28.1 Å². The molecule has 1 aromatic rings. The summed E-state index contributed by atoms with van der Waals surface area (Å²) in [6.07, 6.45) is 6.59. The van der Waals surface area contributed by atoms with Gasteiger partial charge in [-0.1, -0.05) is 58.1 Å². The van der Waals surface area contributed by atoms with Crippen LogP contribution >= 0.6 is 0 Å². The summed E-state index contributed by atoms with van der Waals surface area (Å²) in [5.41, 5.74) is 5.56. The Morgan fingerprint density at radius 1 is 1.20 bits per heavy atom. The van der Waals surface area contributed by atoms with Crippen molar-refractivity contribution in [2.75, 3.05) is 0 Å². The fourth-order valence-electron chi connectivity index (χ4n) is 7.63. The SMILES string of the molecule is C=C(CCC(C(=O)O)C1C(O)CC2(C)c3cc(C)c4c(c3C=CC12C)CCC(=O)C4(C)C)C(C)C. The number of aliphatic hydroxyl groups excluding tert-OH is 1. The van der Waals surface area contributed by atoms with Gasteiger partial charge in [0.05, 0.1) is 12.0 Å². The third kappa shape index (κ3) is 3.66. The molecule has 0 radical (unpaired) electrons. The molecule has 4 heteroatoms. The number of allylic oxidation sites excluding steroid dienone is 2. The lowest BCUT2D eigenvalue weighted by Crippen LogP contribution is -2.46. The van der Waals surface area contributed by atoms with Crippen molar-refractivity contribution in [3.63, 3.8) is 0 Å². The molecule has 1 aromatic carbocycles. The molecule has 190 valence electrons. The molecule has 0 saturated heterocycles. The number of fused-ring (bicyclic) bond motifs is 5. The molecular weight excluding hydrogens is 436 g/mol. The third-order valence-electron chi connectivity index (χ3n) is 10.0. The number of carbonyl (C=O) groups is 2.